The van der Waals surface area contributed by atoms with Crippen molar-refractivity contribution in [1.82, 2.24) is 10.6 Å². The topological polar surface area (TPSA) is 67.4 Å². The molecular formula is C13H26N2O3. The second-order valence-corrected chi connectivity index (χ2v) is 4.38. The summed E-state index contributed by atoms with van der Waals surface area (Å²) in [6.45, 7) is 7.17. The fourth-order valence-electron chi connectivity index (χ4n) is 1.22. The van der Waals surface area contributed by atoms with Crippen LogP contribution in [0.5, 0.6) is 0 Å². The molecule has 0 aromatic heterocycles. The highest BCUT2D eigenvalue weighted by molar-refractivity contribution is 5.76. The zero-order chi connectivity index (χ0) is 13.8. The second kappa shape index (κ2) is 11.0. The van der Waals surface area contributed by atoms with Crippen molar-refractivity contribution < 1.29 is 14.3 Å². The lowest BCUT2D eigenvalue weighted by Crippen LogP contribution is -2.35. The minimum absolute atomic E-state index is 0.0104. The van der Waals surface area contributed by atoms with Gasteiger partial charge in [0, 0.05) is 19.0 Å². The third-order valence-corrected chi connectivity index (χ3v) is 2.58. The highest BCUT2D eigenvalue weighted by atomic mass is 16.5. The standard InChI is InChI=1S/C13H26N2O3/c1-4-6-9-18-13(17)10-14-8-7-12(16)15-11(3)5-2/h11,14H,4-10H2,1-3H3,(H,15,16). The van der Waals surface area contributed by atoms with Crippen LogP contribution in [0.4, 0.5) is 0 Å². The van der Waals surface area contributed by atoms with Crippen LogP contribution in [0.15, 0.2) is 0 Å². The molecular weight excluding hydrogens is 232 g/mol. The summed E-state index contributed by atoms with van der Waals surface area (Å²) in [6, 6.07) is 0.205. The maximum atomic E-state index is 11.4. The Labute approximate surface area is 110 Å². The first-order valence-electron chi connectivity index (χ1n) is 6.75. The molecule has 0 aromatic carbocycles. The number of unbranched alkanes of at least 4 members (excludes halogenated alkanes) is 1. The van der Waals surface area contributed by atoms with Crippen molar-refractivity contribution in [1.29, 1.82) is 0 Å². The number of hydrogen-bond acceptors (Lipinski definition) is 4. The van der Waals surface area contributed by atoms with E-state index in [-0.39, 0.29) is 24.5 Å². The summed E-state index contributed by atoms with van der Waals surface area (Å²) in [6.07, 6.45) is 3.20. The average molecular weight is 258 g/mol. The Hall–Kier alpha value is -1.10. The van der Waals surface area contributed by atoms with Gasteiger partial charge in [0.2, 0.25) is 5.91 Å². The number of nitrogens with one attached hydrogen (secondary N) is 2. The molecule has 1 amide bonds. The lowest BCUT2D eigenvalue weighted by Gasteiger charge is -2.11. The van der Waals surface area contributed by atoms with E-state index in [1.165, 1.54) is 0 Å². The van der Waals surface area contributed by atoms with Crippen molar-refractivity contribution >= 4 is 11.9 Å². The maximum absolute atomic E-state index is 11.4. The van der Waals surface area contributed by atoms with Crippen LogP contribution >= 0.6 is 0 Å². The summed E-state index contributed by atoms with van der Waals surface area (Å²) in [4.78, 5) is 22.6. The highest BCUT2D eigenvalue weighted by Gasteiger charge is 2.06. The molecule has 0 aliphatic rings. The van der Waals surface area contributed by atoms with Crippen LogP contribution in [-0.4, -0.2) is 37.6 Å². The van der Waals surface area contributed by atoms with E-state index in [4.69, 9.17) is 4.74 Å². The van der Waals surface area contributed by atoms with Crippen molar-refractivity contribution in [2.75, 3.05) is 19.7 Å². The molecule has 0 heterocycles. The Morgan fingerprint density at radius 3 is 2.61 bits per heavy atom. The van der Waals surface area contributed by atoms with E-state index < -0.39 is 0 Å². The van der Waals surface area contributed by atoms with Crippen molar-refractivity contribution in [3.63, 3.8) is 0 Å². The van der Waals surface area contributed by atoms with E-state index in [2.05, 4.69) is 10.6 Å². The van der Waals surface area contributed by atoms with E-state index in [0.717, 1.165) is 19.3 Å². The minimum Gasteiger partial charge on any atom is -0.465 e. The Balaban J connectivity index is 3.43. The van der Waals surface area contributed by atoms with E-state index >= 15 is 0 Å². The second-order valence-electron chi connectivity index (χ2n) is 4.38. The number of ether oxygens (including phenoxy) is 1. The van der Waals surface area contributed by atoms with Gasteiger partial charge in [-0.15, -0.1) is 0 Å². The van der Waals surface area contributed by atoms with Crippen LogP contribution in [0.1, 0.15) is 46.5 Å². The molecule has 0 aromatic rings. The fraction of sp³-hybridized carbons (Fsp3) is 0.846. The monoisotopic (exact) mass is 258 g/mol. The van der Waals surface area contributed by atoms with Crippen LogP contribution in [0, 0.1) is 0 Å². The lowest BCUT2D eigenvalue weighted by atomic mass is 10.2. The molecule has 5 heteroatoms. The van der Waals surface area contributed by atoms with Gasteiger partial charge in [-0.05, 0) is 19.8 Å². The third kappa shape index (κ3) is 10.1. The lowest BCUT2D eigenvalue weighted by molar-refractivity contribution is -0.142. The van der Waals surface area contributed by atoms with E-state index in [0.29, 0.717) is 19.6 Å². The van der Waals surface area contributed by atoms with E-state index in [1.807, 2.05) is 20.8 Å². The van der Waals surface area contributed by atoms with Crippen LogP contribution in [0.3, 0.4) is 0 Å². The van der Waals surface area contributed by atoms with Gasteiger partial charge in [0.1, 0.15) is 0 Å². The first-order valence-corrected chi connectivity index (χ1v) is 6.75. The molecule has 5 nitrogen and oxygen atoms in total. The van der Waals surface area contributed by atoms with Gasteiger partial charge >= 0.3 is 5.97 Å². The van der Waals surface area contributed by atoms with Crippen LogP contribution in [-0.2, 0) is 14.3 Å². The Morgan fingerprint density at radius 1 is 1.28 bits per heavy atom. The van der Waals surface area contributed by atoms with Gasteiger partial charge in [0.25, 0.3) is 0 Å². The van der Waals surface area contributed by atoms with Crippen molar-refractivity contribution in [3.05, 3.63) is 0 Å². The number of esters is 1. The summed E-state index contributed by atoms with van der Waals surface area (Å²) in [5.41, 5.74) is 0. The molecule has 0 aliphatic carbocycles. The van der Waals surface area contributed by atoms with Crippen molar-refractivity contribution in [2.45, 2.75) is 52.5 Å². The average Bonchev–Trinajstić information content (AvgIpc) is 2.34. The SMILES string of the molecule is CCCCOC(=O)CNCCC(=O)NC(C)CC. The molecule has 0 rings (SSSR count). The quantitative estimate of drug-likeness (QED) is 0.457. The zero-order valence-electron chi connectivity index (χ0n) is 11.8. The molecule has 0 spiro atoms. The summed E-state index contributed by atoms with van der Waals surface area (Å²) in [5, 5.41) is 5.76. The third-order valence-electron chi connectivity index (χ3n) is 2.58. The van der Waals surface area contributed by atoms with Gasteiger partial charge in [-0.25, -0.2) is 0 Å². The zero-order valence-corrected chi connectivity index (χ0v) is 11.8. The number of carbonyl (C=O) groups excluding carboxylic acids is 2. The molecule has 0 aliphatic heterocycles. The first-order chi connectivity index (χ1) is 8.60. The molecule has 2 N–H and O–H groups in total. The van der Waals surface area contributed by atoms with Crippen LogP contribution < -0.4 is 10.6 Å². The molecule has 1 unspecified atom stereocenters. The molecule has 18 heavy (non-hydrogen) atoms. The largest absolute Gasteiger partial charge is 0.465 e. The first kappa shape index (κ1) is 16.9. The molecule has 0 fully saturated rings. The number of amides is 1. The summed E-state index contributed by atoms with van der Waals surface area (Å²) in [5.74, 6) is -0.248. The minimum atomic E-state index is -0.259. The van der Waals surface area contributed by atoms with Gasteiger partial charge in [-0.2, -0.15) is 0 Å². The van der Waals surface area contributed by atoms with E-state index in [9.17, 15) is 9.59 Å². The molecule has 106 valence electrons. The van der Waals surface area contributed by atoms with Crippen molar-refractivity contribution in [3.8, 4) is 0 Å². The van der Waals surface area contributed by atoms with Gasteiger partial charge in [0.05, 0.1) is 13.2 Å². The normalized spacial score (nSPS) is 11.9. The number of carbonyl (C=O) groups is 2. The molecule has 1 atom stereocenters. The summed E-state index contributed by atoms with van der Waals surface area (Å²) in [7, 11) is 0. The molecule has 0 radical (unpaired) electrons. The molecule has 0 saturated carbocycles. The Bertz CT molecular complexity index is 244. The van der Waals surface area contributed by atoms with Crippen LogP contribution in [0.2, 0.25) is 0 Å². The summed E-state index contributed by atoms with van der Waals surface area (Å²) < 4.78 is 4.97. The molecule has 0 saturated heterocycles. The summed E-state index contributed by atoms with van der Waals surface area (Å²) >= 11 is 0. The van der Waals surface area contributed by atoms with E-state index in [1.54, 1.807) is 0 Å². The van der Waals surface area contributed by atoms with Gasteiger partial charge in [-0.1, -0.05) is 20.3 Å². The smallest absolute Gasteiger partial charge is 0.319 e. The van der Waals surface area contributed by atoms with Gasteiger partial charge in [-0.3, -0.25) is 9.59 Å². The number of rotatable bonds is 10. The van der Waals surface area contributed by atoms with Crippen LogP contribution in [0.25, 0.3) is 0 Å². The highest BCUT2D eigenvalue weighted by Crippen LogP contribution is 1.90. The maximum Gasteiger partial charge on any atom is 0.319 e. The molecule has 0 bridgehead atoms. The Morgan fingerprint density at radius 2 is 2.00 bits per heavy atom. The fourth-order valence-corrected chi connectivity index (χ4v) is 1.22. The van der Waals surface area contributed by atoms with Gasteiger partial charge in [0.15, 0.2) is 0 Å². The number of hydrogen-bond donors (Lipinski definition) is 2. The van der Waals surface area contributed by atoms with Crippen molar-refractivity contribution in [2.24, 2.45) is 0 Å². The van der Waals surface area contributed by atoms with Gasteiger partial charge < -0.3 is 15.4 Å². The predicted octanol–water partition coefficient (Wildman–Crippen LogP) is 1.22. The Kier molecular flexibility index (Phi) is 10.3. The predicted molar refractivity (Wildman–Crippen MR) is 71.2 cm³/mol.